The van der Waals surface area contributed by atoms with Crippen LogP contribution >= 0.6 is 0 Å². The molecule has 1 aliphatic rings. The number of aryl methyl sites for hydroxylation is 1. The number of nitro groups is 1. The third kappa shape index (κ3) is 1.86. The van der Waals surface area contributed by atoms with Crippen LogP contribution in [0.15, 0.2) is 12.1 Å². The van der Waals surface area contributed by atoms with Gasteiger partial charge in [-0.2, -0.15) is 0 Å². The molecule has 1 atom stereocenters. The van der Waals surface area contributed by atoms with Gasteiger partial charge < -0.3 is 10.4 Å². The summed E-state index contributed by atoms with van der Waals surface area (Å²) in [7, 11) is 0. The van der Waals surface area contributed by atoms with Gasteiger partial charge >= 0.3 is 5.69 Å². The molecule has 1 saturated heterocycles. The average Bonchev–Trinajstić information content (AvgIpc) is 2.73. The van der Waals surface area contributed by atoms with Crippen molar-refractivity contribution in [2.24, 2.45) is 0 Å². The maximum Gasteiger partial charge on any atom is 0.311 e. The molecule has 0 saturated carbocycles. The monoisotopic (exact) mass is 222 g/mol. The molecular weight excluding hydrogens is 208 g/mol. The fourth-order valence-corrected chi connectivity index (χ4v) is 2.14. The average molecular weight is 222 g/mol. The summed E-state index contributed by atoms with van der Waals surface area (Å²) in [5.41, 5.74) is 1.24. The van der Waals surface area contributed by atoms with Crippen LogP contribution in [-0.2, 0) is 0 Å². The van der Waals surface area contributed by atoms with Crippen molar-refractivity contribution in [1.82, 2.24) is 5.32 Å². The van der Waals surface area contributed by atoms with Crippen molar-refractivity contribution in [2.75, 3.05) is 6.54 Å². The third-order valence-electron chi connectivity index (χ3n) is 2.90. The van der Waals surface area contributed by atoms with E-state index in [4.69, 9.17) is 0 Å². The Morgan fingerprint density at radius 1 is 1.56 bits per heavy atom. The van der Waals surface area contributed by atoms with Gasteiger partial charge in [0.2, 0.25) is 0 Å². The number of aromatic hydroxyl groups is 1. The van der Waals surface area contributed by atoms with E-state index in [9.17, 15) is 15.2 Å². The second kappa shape index (κ2) is 4.09. The highest BCUT2D eigenvalue weighted by Gasteiger charge is 2.25. The van der Waals surface area contributed by atoms with Crippen LogP contribution < -0.4 is 5.32 Å². The van der Waals surface area contributed by atoms with Gasteiger partial charge in [-0.05, 0) is 31.9 Å². The number of nitro benzene ring substituents is 1. The second-order valence-electron chi connectivity index (χ2n) is 4.13. The molecule has 1 aromatic rings. The van der Waals surface area contributed by atoms with E-state index in [2.05, 4.69) is 5.32 Å². The SMILES string of the molecule is Cc1cc([C@H]2CCCN2)c(O)c([N+](=O)[O-])c1. The molecule has 1 heterocycles. The van der Waals surface area contributed by atoms with Gasteiger partial charge in [0.1, 0.15) is 0 Å². The fraction of sp³-hybridized carbons (Fsp3) is 0.455. The standard InChI is InChI=1S/C11H14N2O3/c1-7-5-8(9-3-2-4-12-9)11(14)10(6-7)13(15)16/h5-6,9,12,14H,2-4H2,1H3/t9-/m1/s1. The van der Waals surface area contributed by atoms with E-state index in [1.165, 1.54) is 6.07 Å². The van der Waals surface area contributed by atoms with Gasteiger partial charge in [-0.25, -0.2) is 0 Å². The van der Waals surface area contributed by atoms with Crippen molar-refractivity contribution in [1.29, 1.82) is 0 Å². The van der Waals surface area contributed by atoms with Crippen molar-refractivity contribution < 1.29 is 10.0 Å². The first kappa shape index (κ1) is 10.9. The van der Waals surface area contributed by atoms with Gasteiger partial charge in [0.15, 0.2) is 5.75 Å². The van der Waals surface area contributed by atoms with Gasteiger partial charge in [-0.15, -0.1) is 0 Å². The molecule has 16 heavy (non-hydrogen) atoms. The molecule has 5 heteroatoms. The topological polar surface area (TPSA) is 75.4 Å². The lowest BCUT2D eigenvalue weighted by Crippen LogP contribution is -2.13. The number of nitrogens with one attached hydrogen (secondary N) is 1. The Labute approximate surface area is 93.2 Å². The summed E-state index contributed by atoms with van der Waals surface area (Å²) in [6.07, 6.45) is 1.94. The highest BCUT2D eigenvalue weighted by molar-refractivity contribution is 5.54. The zero-order chi connectivity index (χ0) is 11.7. The van der Waals surface area contributed by atoms with E-state index < -0.39 is 4.92 Å². The highest BCUT2D eigenvalue weighted by atomic mass is 16.6. The summed E-state index contributed by atoms with van der Waals surface area (Å²) in [4.78, 5) is 10.2. The van der Waals surface area contributed by atoms with Crippen molar-refractivity contribution in [3.05, 3.63) is 33.4 Å². The molecule has 1 aliphatic heterocycles. The molecule has 0 amide bonds. The van der Waals surface area contributed by atoms with Gasteiger partial charge in [0, 0.05) is 17.7 Å². The van der Waals surface area contributed by atoms with Crippen LogP contribution in [0.1, 0.15) is 30.0 Å². The van der Waals surface area contributed by atoms with Crippen molar-refractivity contribution >= 4 is 5.69 Å². The lowest BCUT2D eigenvalue weighted by Gasteiger charge is -2.13. The number of hydrogen-bond donors (Lipinski definition) is 2. The molecule has 0 spiro atoms. The molecule has 0 radical (unpaired) electrons. The smallest absolute Gasteiger partial charge is 0.311 e. The molecule has 2 rings (SSSR count). The molecule has 1 fully saturated rings. The van der Waals surface area contributed by atoms with Crippen LogP contribution in [0.3, 0.4) is 0 Å². The predicted octanol–water partition coefficient (Wildman–Crippen LogP) is 2.03. The Hall–Kier alpha value is -1.62. The Kier molecular flexibility index (Phi) is 2.78. The Morgan fingerprint density at radius 3 is 2.88 bits per heavy atom. The first-order valence-electron chi connectivity index (χ1n) is 5.31. The Morgan fingerprint density at radius 2 is 2.31 bits per heavy atom. The summed E-state index contributed by atoms with van der Waals surface area (Å²) < 4.78 is 0. The minimum absolute atomic E-state index is 0.0404. The third-order valence-corrected chi connectivity index (χ3v) is 2.90. The highest BCUT2D eigenvalue weighted by Crippen LogP contribution is 2.37. The minimum Gasteiger partial charge on any atom is -0.502 e. The van der Waals surface area contributed by atoms with Crippen LogP contribution in [0.5, 0.6) is 5.75 Å². The summed E-state index contributed by atoms with van der Waals surface area (Å²) in [6.45, 7) is 2.69. The fourth-order valence-electron chi connectivity index (χ4n) is 2.14. The summed E-state index contributed by atoms with van der Waals surface area (Å²) in [5, 5.41) is 23.9. The quantitative estimate of drug-likeness (QED) is 0.593. The number of hydrogen-bond acceptors (Lipinski definition) is 4. The van der Waals surface area contributed by atoms with E-state index in [-0.39, 0.29) is 17.5 Å². The maximum absolute atomic E-state index is 10.8. The minimum atomic E-state index is -0.541. The van der Waals surface area contributed by atoms with Crippen LogP contribution in [0.4, 0.5) is 5.69 Å². The van der Waals surface area contributed by atoms with Gasteiger partial charge in [0.25, 0.3) is 0 Å². The van der Waals surface area contributed by atoms with Gasteiger partial charge in [0.05, 0.1) is 4.92 Å². The molecule has 0 bridgehead atoms. The van der Waals surface area contributed by atoms with E-state index in [0.717, 1.165) is 24.9 Å². The van der Waals surface area contributed by atoms with Crippen molar-refractivity contribution in [3.8, 4) is 5.75 Å². The molecule has 1 aromatic carbocycles. The molecule has 0 aromatic heterocycles. The van der Waals surface area contributed by atoms with E-state index in [0.29, 0.717) is 5.56 Å². The van der Waals surface area contributed by atoms with Gasteiger partial charge in [-0.3, -0.25) is 10.1 Å². The normalized spacial score (nSPS) is 19.9. The lowest BCUT2D eigenvalue weighted by molar-refractivity contribution is -0.386. The van der Waals surface area contributed by atoms with E-state index in [1.807, 2.05) is 6.07 Å². The Balaban J connectivity index is 2.47. The number of phenolic OH excluding ortho intramolecular Hbond substituents is 1. The summed E-state index contributed by atoms with van der Waals surface area (Å²) >= 11 is 0. The zero-order valence-corrected chi connectivity index (χ0v) is 9.06. The molecular formula is C11H14N2O3. The Bertz CT molecular complexity index is 425. The predicted molar refractivity (Wildman–Crippen MR) is 59.5 cm³/mol. The number of rotatable bonds is 2. The molecule has 86 valence electrons. The number of nitrogens with zero attached hydrogens (tertiary/aromatic N) is 1. The summed E-state index contributed by atoms with van der Waals surface area (Å²) in [5.74, 6) is -0.199. The molecule has 0 unspecified atom stereocenters. The van der Waals surface area contributed by atoms with Crippen LogP contribution in [0.2, 0.25) is 0 Å². The van der Waals surface area contributed by atoms with Crippen LogP contribution in [-0.4, -0.2) is 16.6 Å². The first-order chi connectivity index (χ1) is 7.59. The lowest BCUT2D eigenvalue weighted by atomic mass is 10.0. The van der Waals surface area contributed by atoms with Gasteiger partial charge in [-0.1, -0.05) is 6.07 Å². The second-order valence-corrected chi connectivity index (χ2v) is 4.13. The maximum atomic E-state index is 10.8. The molecule has 5 nitrogen and oxygen atoms in total. The van der Waals surface area contributed by atoms with Crippen LogP contribution in [0.25, 0.3) is 0 Å². The van der Waals surface area contributed by atoms with E-state index >= 15 is 0 Å². The number of benzene rings is 1. The zero-order valence-electron chi connectivity index (χ0n) is 9.06. The summed E-state index contributed by atoms with van der Waals surface area (Å²) in [6, 6.07) is 3.25. The number of phenols is 1. The van der Waals surface area contributed by atoms with Crippen LogP contribution in [0, 0.1) is 17.0 Å². The van der Waals surface area contributed by atoms with Crippen molar-refractivity contribution in [2.45, 2.75) is 25.8 Å². The largest absolute Gasteiger partial charge is 0.502 e. The molecule has 2 N–H and O–H groups in total. The van der Waals surface area contributed by atoms with E-state index in [1.54, 1.807) is 6.92 Å². The molecule has 0 aliphatic carbocycles. The van der Waals surface area contributed by atoms with Crippen molar-refractivity contribution in [3.63, 3.8) is 0 Å². The first-order valence-corrected chi connectivity index (χ1v) is 5.31.